The molecule has 23 heavy (non-hydrogen) atoms. The molecule has 0 radical (unpaired) electrons. The fourth-order valence-electron chi connectivity index (χ4n) is 2.26. The Morgan fingerprint density at radius 1 is 1.26 bits per heavy atom. The van der Waals surface area contributed by atoms with Gasteiger partial charge in [0.2, 0.25) is 0 Å². The number of aryl methyl sites for hydroxylation is 2. The molecule has 0 unspecified atom stereocenters. The normalized spacial score (nSPS) is 10.4. The van der Waals surface area contributed by atoms with Crippen LogP contribution in [-0.4, -0.2) is 10.8 Å². The van der Waals surface area contributed by atoms with Gasteiger partial charge in [-0.15, -0.1) is 0 Å². The average Bonchev–Trinajstić information content (AvgIpc) is 2.50. The van der Waals surface area contributed by atoms with Crippen molar-refractivity contribution in [2.24, 2.45) is 0 Å². The molecule has 0 aromatic heterocycles. The summed E-state index contributed by atoms with van der Waals surface area (Å²) in [5.74, 6) is -0.413. The molecule has 0 aliphatic heterocycles. The number of hydrogen-bond donors (Lipinski definition) is 1. The third kappa shape index (κ3) is 3.81. The van der Waals surface area contributed by atoms with Crippen molar-refractivity contribution in [3.63, 3.8) is 0 Å². The Kier molecular flexibility index (Phi) is 5.23. The van der Waals surface area contributed by atoms with Crippen LogP contribution in [-0.2, 0) is 6.42 Å². The van der Waals surface area contributed by atoms with Crippen molar-refractivity contribution in [3.05, 3.63) is 67.2 Å². The minimum Gasteiger partial charge on any atom is -0.321 e. The van der Waals surface area contributed by atoms with Crippen LogP contribution in [0.25, 0.3) is 0 Å². The lowest BCUT2D eigenvalue weighted by Crippen LogP contribution is -2.15. The number of nitrogens with zero attached hydrogens (tertiary/aromatic N) is 1. The molecule has 2 aromatic carbocycles. The Morgan fingerprint density at radius 2 is 1.96 bits per heavy atom. The van der Waals surface area contributed by atoms with E-state index < -0.39 is 10.8 Å². The van der Waals surface area contributed by atoms with E-state index in [-0.39, 0.29) is 16.3 Å². The highest BCUT2D eigenvalue weighted by molar-refractivity contribution is 6.36. The highest BCUT2D eigenvalue weighted by Crippen LogP contribution is 2.29. The van der Waals surface area contributed by atoms with Gasteiger partial charge in [0.05, 0.1) is 15.5 Å². The van der Waals surface area contributed by atoms with E-state index in [1.54, 1.807) is 19.1 Å². The summed E-state index contributed by atoms with van der Waals surface area (Å²) in [5, 5.41) is 14.4. The van der Waals surface area contributed by atoms with Crippen molar-refractivity contribution in [3.8, 4) is 0 Å². The summed E-state index contributed by atoms with van der Waals surface area (Å²) < 4.78 is 0. The zero-order valence-electron chi connectivity index (χ0n) is 12.5. The minimum atomic E-state index is -0.453. The summed E-state index contributed by atoms with van der Waals surface area (Å²) in [6.07, 6.45) is 0.543. The highest BCUT2D eigenvalue weighted by atomic mass is 35.5. The van der Waals surface area contributed by atoms with Crippen LogP contribution in [0.4, 0.5) is 11.4 Å². The topological polar surface area (TPSA) is 72.2 Å². The lowest BCUT2D eigenvalue weighted by atomic mass is 10.0. The second-order valence-electron chi connectivity index (χ2n) is 4.99. The number of non-ortho nitro benzene ring substituents is 1. The molecule has 7 heteroatoms. The van der Waals surface area contributed by atoms with Crippen molar-refractivity contribution in [2.45, 2.75) is 20.3 Å². The summed E-state index contributed by atoms with van der Waals surface area (Å²) in [4.78, 5) is 22.9. The highest BCUT2D eigenvalue weighted by Gasteiger charge is 2.17. The Balaban J connectivity index is 2.41. The molecule has 1 N–H and O–H groups in total. The number of anilines is 1. The van der Waals surface area contributed by atoms with Crippen LogP contribution in [0.3, 0.4) is 0 Å². The Morgan fingerprint density at radius 3 is 2.57 bits per heavy atom. The Labute approximate surface area is 143 Å². The molecule has 0 spiro atoms. The first-order chi connectivity index (χ1) is 10.8. The van der Waals surface area contributed by atoms with E-state index in [9.17, 15) is 14.9 Å². The molecular weight excluding hydrogens is 339 g/mol. The molecule has 0 atom stereocenters. The van der Waals surface area contributed by atoms with Crippen molar-refractivity contribution in [1.82, 2.24) is 0 Å². The second kappa shape index (κ2) is 6.98. The van der Waals surface area contributed by atoms with E-state index >= 15 is 0 Å². The summed E-state index contributed by atoms with van der Waals surface area (Å²) in [6, 6.07) is 7.50. The molecule has 5 nitrogen and oxygen atoms in total. The first kappa shape index (κ1) is 17.2. The third-order valence-corrected chi connectivity index (χ3v) is 3.97. The smallest absolute Gasteiger partial charge is 0.270 e. The van der Waals surface area contributed by atoms with Crippen molar-refractivity contribution in [2.75, 3.05) is 5.32 Å². The number of nitro groups is 1. The van der Waals surface area contributed by atoms with Gasteiger partial charge < -0.3 is 5.32 Å². The van der Waals surface area contributed by atoms with E-state index in [1.165, 1.54) is 18.2 Å². The van der Waals surface area contributed by atoms with E-state index in [0.717, 1.165) is 0 Å². The van der Waals surface area contributed by atoms with Gasteiger partial charge in [-0.05, 0) is 42.7 Å². The molecule has 0 saturated carbocycles. The van der Waals surface area contributed by atoms with Gasteiger partial charge in [0.25, 0.3) is 11.6 Å². The van der Waals surface area contributed by atoms with E-state index in [0.29, 0.717) is 28.3 Å². The lowest BCUT2D eigenvalue weighted by molar-refractivity contribution is -0.384. The number of nitrogens with one attached hydrogen (secondary N) is 1. The fraction of sp³-hybridized carbons (Fsp3) is 0.188. The molecule has 120 valence electrons. The first-order valence-corrected chi connectivity index (χ1v) is 7.63. The third-order valence-electron chi connectivity index (χ3n) is 3.41. The lowest BCUT2D eigenvalue weighted by Gasteiger charge is -2.14. The number of benzene rings is 2. The summed E-state index contributed by atoms with van der Waals surface area (Å²) >= 11 is 11.9. The van der Waals surface area contributed by atoms with Crippen LogP contribution in [0.5, 0.6) is 0 Å². The number of carbonyl (C=O) groups excluding carboxylic acids is 1. The Bertz CT molecular complexity index is 791. The van der Waals surface area contributed by atoms with E-state index in [2.05, 4.69) is 5.32 Å². The van der Waals surface area contributed by atoms with Gasteiger partial charge in [0.1, 0.15) is 0 Å². The van der Waals surface area contributed by atoms with Crippen LogP contribution < -0.4 is 5.32 Å². The molecule has 0 aliphatic carbocycles. The second-order valence-corrected chi connectivity index (χ2v) is 5.83. The molecular formula is C16H14Cl2N2O3. The molecule has 2 aromatic rings. The number of halogens is 2. The molecule has 2 rings (SSSR count). The maximum atomic E-state index is 12.4. The van der Waals surface area contributed by atoms with Gasteiger partial charge >= 0.3 is 0 Å². The van der Waals surface area contributed by atoms with Crippen LogP contribution in [0, 0.1) is 17.0 Å². The molecule has 0 fully saturated rings. The summed E-state index contributed by atoms with van der Waals surface area (Å²) in [7, 11) is 0. The van der Waals surface area contributed by atoms with Crippen LogP contribution >= 0.6 is 23.2 Å². The van der Waals surface area contributed by atoms with E-state index in [4.69, 9.17) is 23.2 Å². The van der Waals surface area contributed by atoms with Gasteiger partial charge in [-0.2, -0.15) is 0 Å². The van der Waals surface area contributed by atoms with Crippen LogP contribution in [0.15, 0.2) is 30.3 Å². The summed E-state index contributed by atoms with van der Waals surface area (Å²) in [6.45, 7) is 3.57. The zero-order valence-corrected chi connectivity index (χ0v) is 14.0. The number of amides is 1. The van der Waals surface area contributed by atoms with E-state index in [1.807, 2.05) is 6.92 Å². The summed E-state index contributed by atoms with van der Waals surface area (Å²) in [5.41, 5.74) is 2.10. The van der Waals surface area contributed by atoms with Crippen molar-refractivity contribution >= 4 is 40.5 Å². The maximum absolute atomic E-state index is 12.4. The van der Waals surface area contributed by atoms with Gasteiger partial charge in [0, 0.05) is 22.8 Å². The zero-order chi connectivity index (χ0) is 17.1. The number of hydrogen-bond acceptors (Lipinski definition) is 3. The molecule has 0 heterocycles. The van der Waals surface area contributed by atoms with Crippen molar-refractivity contribution < 1.29 is 9.72 Å². The monoisotopic (exact) mass is 352 g/mol. The van der Waals surface area contributed by atoms with Gasteiger partial charge in [-0.3, -0.25) is 14.9 Å². The predicted molar refractivity (Wildman–Crippen MR) is 91.6 cm³/mol. The quantitative estimate of drug-likeness (QED) is 0.619. The molecule has 1 amide bonds. The fourth-order valence-corrected chi connectivity index (χ4v) is 2.63. The largest absolute Gasteiger partial charge is 0.321 e. The number of carbonyl (C=O) groups is 1. The average molecular weight is 353 g/mol. The van der Waals surface area contributed by atoms with Gasteiger partial charge in [0.15, 0.2) is 0 Å². The molecule has 0 saturated heterocycles. The van der Waals surface area contributed by atoms with Crippen LogP contribution in [0.1, 0.15) is 28.4 Å². The molecule has 0 aliphatic rings. The number of nitro benzene ring substituents is 1. The maximum Gasteiger partial charge on any atom is 0.270 e. The number of rotatable bonds is 4. The first-order valence-electron chi connectivity index (χ1n) is 6.87. The van der Waals surface area contributed by atoms with Crippen LogP contribution in [0.2, 0.25) is 10.0 Å². The van der Waals surface area contributed by atoms with Crippen molar-refractivity contribution in [1.29, 1.82) is 0 Å². The minimum absolute atomic E-state index is 0.00173. The predicted octanol–water partition coefficient (Wildman–Crippen LogP) is 5.02. The van der Waals surface area contributed by atoms with Gasteiger partial charge in [-0.25, -0.2) is 0 Å². The molecule has 0 bridgehead atoms. The SMILES string of the molecule is CCc1cc([N+](=O)[O-])cc(C)c1NC(=O)c1cc(Cl)ccc1Cl. The van der Waals surface area contributed by atoms with Gasteiger partial charge in [-0.1, -0.05) is 30.1 Å². The Hall–Kier alpha value is -2.11. The standard InChI is InChI=1S/C16H14Cl2N2O3/c1-3-10-7-12(20(22)23)6-9(2)15(10)19-16(21)13-8-11(17)4-5-14(13)18/h4-8H,3H2,1-2H3,(H,19,21).